The molecule has 8 nitrogen and oxygen atoms in total. The minimum Gasteiger partial charge on any atom is -0.504 e. The highest BCUT2D eigenvalue weighted by Gasteiger charge is 2.50. The number of hydrogen-bond acceptors (Lipinski definition) is 8. The number of epoxide rings is 1. The van der Waals surface area contributed by atoms with E-state index in [1.165, 1.54) is 37.0 Å². The number of phenols is 2. The fraction of sp³-hybridized carbons (Fsp3) is 0.750. The lowest BCUT2D eigenvalue weighted by Gasteiger charge is -2.26. The van der Waals surface area contributed by atoms with Crippen LogP contribution in [-0.4, -0.2) is 52.9 Å². The van der Waals surface area contributed by atoms with Gasteiger partial charge < -0.3 is 24.2 Å². The third-order valence-corrected chi connectivity index (χ3v) is 11.5. The minimum absolute atomic E-state index is 0.127. The van der Waals surface area contributed by atoms with E-state index in [0.29, 0.717) is 31.4 Å². The van der Waals surface area contributed by atoms with E-state index in [2.05, 4.69) is 33.8 Å². The Hall–Kier alpha value is -1.86. The summed E-state index contributed by atoms with van der Waals surface area (Å²) in [5, 5.41) is 18.9. The van der Waals surface area contributed by atoms with Gasteiger partial charge in [-0.05, 0) is 89.3 Å². The van der Waals surface area contributed by atoms with Crippen LogP contribution in [0.2, 0.25) is 0 Å². The number of rotatable bonds is 23. The Morgan fingerprint density at radius 2 is 1.64 bits per heavy atom. The highest BCUT2D eigenvalue weighted by atomic mass is 31.2. The van der Waals surface area contributed by atoms with E-state index >= 15 is 0 Å². The van der Waals surface area contributed by atoms with Gasteiger partial charge in [0.05, 0.1) is 31.1 Å². The normalized spacial score (nSPS) is 26.3. The van der Waals surface area contributed by atoms with Crippen molar-refractivity contribution in [3.05, 3.63) is 35.4 Å². The molecule has 2 heterocycles. The zero-order valence-corrected chi connectivity index (χ0v) is 29.2. The number of aryl methyl sites for hydroxylation is 1. The van der Waals surface area contributed by atoms with Crippen LogP contribution in [0.4, 0.5) is 0 Å². The van der Waals surface area contributed by atoms with Gasteiger partial charge in [-0.1, -0.05) is 76.5 Å². The second-order valence-corrected chi connectivity index (χ2v) is 15.3. The molecule has 1 aromatic rings. The van der Waals surface area contributed by atoms with E-state index in [1.807, 2.05) is 0 Å². The number of ether oxygens (including phenoxy) is 2. The van der Waals surface area contributed by atoms with Gasteiger partial charge in [0.15, 0.2) is 11.5 Å². The summed E-state index contributed by atoms with van der Waals surface area (Å²) in [4.78, 5) is 11.9. The molecule has 0 aromatic heterocycles. The first kappa shape index (κ1) is 37.6. The average Bonchev–Trinajstić information content (AvgIpc) is 3.72. The van der Waals surface area contributed by atoms with E-state index < -0.39 is 13.2 Å². The van der Waals surface area contributed by atoms with E-state index in [1.54, 1.807) is 6.07 Å². The Labute approximate surface area is 271 Å². The number of carbonyl (C=O) groups excluding carboxylic acids is 1. The molecule has 45 heavy (non-hydrogen) atoms. The fourth-order valence-corrected chi connectivity index (χ4v) is 8.52. The van der Waals surface area contributed by atoms with E-state index in [9.17, 15) is 19.6 Å². The highest BCUT2D eigenvalue weighted by Crippen LogP contribution is 2.62. The second kappa shape index (κ2) is 19.1. The van der Waals surface area contributed by atoms with Crippen LogP contribution in [0.15, 0.2) is 29.8 Å². The number of esters is 1. The standard InChI is InChI=1S/C36H59O8P/c1-5-32-33(42-32)18-16-17-28(3)19-23-34-36(4,6-2)44-45(40,43-34)26-15-13-11-9-7-8-10-12-14-25-41-35(39)24-21-29-20-22-30(37)31(38)27-29/h17,20,22,27,32-34,37-38H,5-16,18-19,21,23-26H2,1-4H3/b28-17-. The molecule has 0 aliphatic carbocycles. The summed E-state index contributed by atoms with van der Waals surface area (Å²) in [6.07, 6.45) is 19.7. The number of carbonyl (C=O) groups is 1. The molecule has 2 saturated heterocycles. The monoisotopic (exact) mass is 650 g/mol. The zero-order chi connectivity index (χ0) is 32.7. The van der Waals surface area contributed by atoms with Crippen molar-refractivity contribution in [2.24, 2.45) is 0 Å². The molecule has 0 saturated carbocycles. The molecule has 256 valence electrons. The topological polar surface area (TPSA) is 115 Å². The Kier molecular flexibility index (Phi) is 15.9. The van der Waals surface area contributed by atoms with Crippen LogP contribution in [0.25, 0.3) is 0 Å². The van der Waals surface area contributed by atoms with Crippen molar-refractivity contribution in [3.8, 4) is 11.5 Å². The van der Waals surface area contributed by atoms with Crippen LogP contribution in [0.1, 0.15) is 136 Å². The third kappa shape index (κ3) is 13.4. The number of hydrogen-bond donors (Lipinski definition) is 2. The number of aromatic hydroxyl groups is 2. The number of unbranched alkanes of at least 4 members (excludes halogenated alkanes) is 8. The maximum Gasteiger partial charge on any atom is 0.331 e. The molecule has 0 bridgehead atoms. The second-order valence-electron chi connectivity index (χ2n) is 13.2. The van der Waals surface area contributed by atoms with Crippen molar-refractivity contribution in [2.75, 3.05) is 12.8 Å². The summed E-state index contributed by atoms with van der Waals surface area (Å²) in [6.45, 7) is 8.95. The predicted molar refractivity (Wildman–Crippen MR) is 179 cm³/mol. The van der Waals surface area contributed by atoms with Crippen molar-refractivity contribution >= 4 is 13.6 Å². The van der Waals surface area contributed by atoms with Crippen LogP contribution in [0.3, 0.4) is 0 Å². The summed E-state index contributed by atoms with van der Waals surface area (Å²) < 4.78 is 36.8. The van der Waals surface area contributed by atoms with Gasteiger partial charge >= 0.3 is 13.6 Å². The number of benzene rings is 1. The summed E-state index contributed by atoms with van der Waals surface area (Å²) >= 11 is 0. The molecule has 2 aliphatic rings. The smallest absolute Gasteiger partial charge is 0.331 e. The third-order valence-electron chi connectivity index (χ3n) is 9.35. The van der Waals surface area contributed by atoms with Crippen LogP contribution in [-0.2, 0) is 34.3 Å². The Balaban J connectivity index is 1.17. The van der Waals surface area contributed by atoms with Gasteiger partial charge in [-0.25, -0.2) is 0 Å². The molecule has 9 heteroatoms. The average molecular weight is 651 g/mol. The maximum atomic E-state index is 13.5. The molecule has 5 atom stereocenters. The molecule has 2 N–H and O–H groups in total. The van der Waals surface area contributed by atoms with Gasteiger partial charge in [-0.3, -0.25) is 13.9 Å². The fourth-order valence-electron chi connectivity index (χ4n) is 6.07. The van der Waals surface area contributed by atoms with Gasteiger partial charge in [0.25, 0.3) is 0 Å². The lowest BCUT2D eigenvalue weighted by atomic mass is 9.91. The van der Waals surface area contributed by atoms with E-state index in [0.717, 1.165) is 82.6 Å². The van der Waals surface area contributed by atoms with Gasteiger partial charge in [-0.2, -0.15) is 0 Å². The number of allylic oxidation sites excluding steroid dienone is 2. The Morgan fingerprint density at radius 3 is 2.29 bits per heavy atom. The highest BCUT2D eigenvalue weighted by molar-refractivity contribution is 7.54. The summed E-state index contributed by atoms with van der Waals surface area (Å²) in [5.41, 5.74) is 1.66. The van der Waals surface area contributed by atoms with Crippen molar-refractivity contribution in [3.63, 3.8) is 0 Å². The first-order valence-electron chi connectivity index (χ1n) is 17.5. The molecular formula is C36H59O8P. The molecule has 3 rings (SSSR count). The van der Waals surface area contributed by atoms with Gasteiger partial charge in [0.1, 0.15) is 5.60 Å². The summed E-state index contributed by atoms with van der Waals surface area (Å²) in [5.74, 6) is -0.580. The van der Waals surface area contributed by atoms with Crippen molar-refractivity contribution in [1.29, 1.82) is 0 Å². The molecule has 2 aliphatic heterocycles. The lowest BCUT2D eigenvalue weighted by Crippen LogP contribution is -2.35. The SMILES string of the molecule is CCC1OC1CC/C=C(/C)CCC1OP(=O)(CCCCCCCCCCCOC(=O)CCc2ccc(O)c(O)c2)OC1(C)CC. The molecular weight excluding hydrogens is 591 g/mol. The number of phenolic OH excluding ortho intramolecular Hbond substituents is 2. The van der Waals surface area contributed by atoms with Crippen molar-refractivity contribution in [2.45, 2.75) is 161 Å². The largest absolute Gasteiger partial charge is 0.504 e. The van der Waals surface area contributed by atoms with E-state index in [4.69, 9.17) is 18.5 Å². The zero-order valence-electron chi connectivity index (χ0n) is 28.3. The molecule has 2 fully saturated rings. The molecule has 0 spiro atoms. The lowest BCUT2D eigenvalue weighted by molar-refractivity contribution is -0.143. The van der Waals surface area contributed by atoms with Gasteiger partial charge in [0.2, 0.25) is 0 Å². The molecule has 5 unspecified atom stereocenters. The first-order valence-corrected chi connectivity index (χ1v) is 19.3. The van der Waals surface area contributed by atoms with E-state index in [-0.39, 0.29) is 30.0 Å². The van der Waals surface area contributed by atoms with Crippen molar-refractivity contribution < 1.29 is 38.1 Å². The summed E-state index contributed by atoms with van der Waals surface area (Å²) in [6, 6.07) is 4.58. The van der Waals surface area contributed by atoms with Crippen LogP contribution in [0.5, 0.6) is 11.5 Å². The quantitative estimate of drug-likeness (QED) is 0.0301. The van der Waals surface area contributed by atoms with Gasteiger partial charge in [0, 0.05) is 6.42 Å². The van der Waals surface area contributed by atoms with Crippen LogP contribution in [0, 0.1) is 0 Å². The first-order chi connectivity index (χ1) is 21.6. The van der Waals surface area contributed by atoms with Crippen LogP contribution < -0.4 is 0 Å². The minimum atomic E-state index is -3.06. The maximum absolute atomic E-state index is 13.5. The van der Waals surface area contributed by atoms with Crippen LogP contribution >= 0.6 is 7.60 Å². The summed E-state index contributed by atoms with van der Waals surface area (Å²) in [7, 11) is -3.06. The molecule has 0 amide bonds. The Bertz CT molecular complexity index is 1120. The van der Waals surface area contributed by atoms with Gasteiger partial charge in [-0.15, -0.1) is 0 Å². The molecule has 0 radical (unpaired) electrons. The molecule has 1 aromatic carbocycles. The predicted octanol–water partition coefficient (Wildman–Crippen LogP) is 9.55. The Morgan fingerprint density at radius 1 is 0.956 bits per heavy atom. The van der Waals surface area contributed by atoms with Crippen molar-refractivity contribution in [1.82, 2.24) is 0 Å².